The molecule has 5 heteroatoms. The lowest BCUT2D eigenvalue weighted by Crippen LogP contribution is -2.52. The number of amides is 2. The Kier molecular flexibility index (Phi) is 5.14. The first-order valence-corrected chi connectivity index (χ1v) is 6.63. The van der Waals surface area contributed by atoms with Gasteiger partial charge in [0.2, 0.25) is 11.8 Å². The molecule has 0 radical (unpaired) electrons. The highest BCUT2D eigenvalue weighted by Crippen LogP contribution is 2.12. The minimum absolute atomic E-state index is 0.0977. The van der Waals surface area contributed by atoms with E-state index in [-0.39, 0.29) is 17.9 Å². The largest absolute Gasteiger partial charge is 0.351 e. The molecule has 3 N–H and O–H groups in total. The number of hydrogen-bond donors (Lipinski definition) is 3. The van der Waals surface area contributed by atoms with Gasteiger partial charge in [0.25, 0.3) is 0 Å². The van der Waals surface area contributed by atoms with Crippen molar-refractivity contribution in [2.45, 2.75) is 52.6 Å². The smallest absolute Gasteiger partial charge is 0.242 e. The van der Waals surface area contributed by atoms with Crippen molar-refractivity contribution in [1.29, 1.82) is 0 Å². The van der Waals surface area contributed by atoms with Crippen molar-refractivity contribution < 1.29 is 9.59 Å². The van der Waals surface area contributed by atoms with Crippen LogP contribution >= 0.6 is 0 Å². The molecule has 1 rings (SSSR count). The molecule has 18 heavy (non-hydrogen) atoms. The van der Waals surface area contributed by atoms with Gasteiger partial charge in [-0.2, -0.15) is 0 Å². The molecule has 0 aromatic heterocycles. The fraction of sp³-hybridized carbons (Fsp3) is 0.846. The number of carbonyl (C=O) groups excluding carboxylic acids is 2. The maximum atomic E-state index is 11.9. The summed E-state index contributed by atoms with van der Waals surface area (Å²) in [6.45, 7) is 9.10. The van der Waals surface area contributed by atoms with E-state index in [1.165, 1.54) is 0 Å². The first-order valence-electron chi connectivity index (χ1n) is 6.63. The highest BCUT2D eigenvalue weighted by Gasteiger charge is 2.26. The van der Waals surface area contributed by atoms with Crippen LogP contribution < -0.4 is 16.0 Å². The Labute approximate surface area is 109 Å². The van der Waals surface area contributed by atoms with Gasteiger partial charge in [0.1, 0.15) is 6.04 Å². The van der Waals surface area contributed by atoms with Gasteiger partial charge in [0.15, 0.2) is 0 Å². The summed E-state index contributed by atoms with van der Waals surface area (Å²) in [5, 5.41) is 8.97. The summed E-state index contributed by atoms with van der Waals surface area (Å²) in [5.41, 5.74) is -0.469. The molecule has 1 unspecified atom stereocenters. The monoisotopic (exact) mass is 255 g/mol. The Morgan fingerprint density at radius 3 is 2.28 bits per heavy atom. The van der Waals surface area contributed by atoms with Crippen molar-refractivity contribution in [2.75, 3.05) is 13.1 Å². The Bertz CT molecular complexity index is 304. The predicted octanol–water partition coefficient (Wildman–Crippen LogP) is 0.405. The van der Waals surface area contributed by atoms with E-state index in [0.29, 0.717) is 0 Å². The quantitative estimate of drug-likeness (QED) is 0.684. The normalized spacial score (nSPS) is 19.1. The molecule has 0 bridgehead atoms. The van der Waals surface area contributed by atoms with Gasteiger partial charge in [-0.05, 0) is 32.9 Å². The molecule has 0 aromatic rings. The molecule has 0 aromatic carbocycles. The summed E-state index contributed by atoms with van der Waals surface area (Å²) in [4.78, 5) is 23.7. The third kappa shape index (κ3) is 4.64. The summed E-state index contributed by atoms with van der Waals surface area (Å²) >= 11 is 0. The van der Waals surface area contributed by atoms with Crippen LogP contribution in [0.3, 0.4) is 0 Å². The summed E-state index contributed by atoms with van der Waals surface area (Å²) in [6.07, 6.45) is 1.90. The molecule has 5 nitrogen and oxygen atoms in total. The summed E-state index contributed by atoms with van der Waals surface area (Å²) in [7, 11) is 0. The topological polar surface area (TPSA) is 70.2 Å². The molecule has 0 saturated carbocycles. The zero-order valence-corrected chi connectivity index (χ0v) is 11.8. The molecule has 1 heterocycles. The minimum Gasteiger partial charge on any atom is -0.351 e. The second kappa shape index (κ2) is 6.18. The molecule has 1 aliphatic heterocycles. The van der Waals surface area contributed by atoms with Crippen molar-refractivity contribution >= 4 is 11.8 Å². The Morgan fingerprint density at radius 2 is 1.78 bits per heavy atom. The highest BCUT2D eigenvalue weighted by molar-refractivity contribution is 5.89. The van der Waals surface area contributed by atoms with Crippen LogP contribution in [0.5, 0.6) is 0 Å². The third-order valence-electron chi connectivity index (χ3n) is 3.11. The molecular weight excluding hydrogens is 230 g/mol. The Hall–Kier alpha value is -1.10. The Morgan fingerprint density at radius 1 is 1.22 bits per heavy atom. The second-order valence-corrected chi connectivity index (χ2v) is 5.98. The highest BCUT2D eigenvalue weighted by atomic mass is 16.2. The van der Waals surface area contributed by atoms with Crippen LogP contribution in [0.1, 0.15) is 40.5 Å². The molecule has 1 fully saturated rings. The number of hydrogen-bond acceptors (Lipinski definition) is 3. The van der Waals surface area contributed by atoms with E-state index in [9.17, 15) is 9.59 Å². The predicted molar refractivity (Wildman–Crippen MR) is 71.1 cm³/mol. The number of piperidine rings is 1. The van der Waals surface area contributed by atoms with Gasteiger partial charge >= 0.3 is 0 Å². The van der Waals surface area contributed by atoms with Crippen molar-refractivity contribution in [3.63, 3.8) is 0 Å². The minimum atomic E-state index is -0.480. The lowest BCUT2D eigenvalue weighted by Gasteiger charge is -2.26. The lowest BCUT2D eigenvalue weighted by atomic mass is 9.95. The van der Waals surface area contributed by atoms with E-state index in [1.807, 2.05) is 20.8 Å². The van der Waals surface area contributed by atoms with Gasteiger partial charge in [-0.1, -0.05) is 20.8 Å². The summed E-state index contributed by atoms with van der Waals surface area (Å²) < 4.78 is 0. The maximum absolute atomic E-state index is 11.9. The van der Waals surface area contributed by atoms with Crippen LogP contribution in [-0.2, 0) is 9.59 Å². The number of rotatable bonds is 3. The van der Waals surface area contributed by atoms with E-state index < -0.39 is 11.5 Å². The molecule has 1 aliphatic rings. The first-order chi connectivity index (χ1) is 8.30. The van der Waals surface area contributed by atoms with Crippen molar-refractivity contribution in [1.82, 2.24) is 16.0 Å². The molecule has 0 aliphatic carbocycles. The van der Waals surface area contributed by atoms with Crippen molar-refractivity contribution in [2.24, 2.45) is 5.41 Å². The molecular formula is C13H25N3O2. The molecule has 2 amide bonds. The maximum Gasteiger partial charge on any atom is 0.242 e. The SMILES string of the molecule is CC(NC(=O)C(C)(C)C)C(=O)NC1CCNCC1. The van der Waals surface area contributed by atoms with E-state index in [1.54, 1.807) is 6.92 Å². The number of carbonyl (C=O) groups is 2. The fourth-order valence-electron chi connectivity index (χ4n) is 1.77. The van der Waals surface area contributed by atoms with Crippen LogP contribution in [-0.4, -0.2) is 37.0 Å². The zero-order chi connectivity index (χ0) is 13.8. The molecule has 104 valence electrons. The van der Waals surface area contributed by atoms with Gasteiger partial charge in [-0.25, -0.2) is 0 Å². The molecule has 0 spiro atoms. The average molecular weight is 255 g/mol. The van der Waals surface area contributed by atoms with Crippen LogP contribution in [0.4, 0.5) is 0 Å². The van der Waals surface area contributed by atoms with Gasteiger partial charge in [-0.3, -0.25) is 9.59 Å². The average Bonchev–Trinajstić information content (AvgIpc) is 2.28. The van der Waals surface area contributed by atoms with E-state index >= 15 is 0 Å². The van der Waals surface area contributed by atoms with Gasteiger partial charge in [0.05, 0.1) is 0 Å². The van der Waals surface area contributed by atoms with E-state index in [4.69, 9.17) is 0 Å². The van der Waals surface area contributed by atoms with Gasteiger partial charge in [0, 0.05) is 11.5 Å². The first kappa shape index (κ1) is 15.0. The Balaban J connectivity index is 2.39. The summed E-state index contributed by atoms with van der Waals surface area (Å²) in [5.74, 6) is -0.199. The lowest BCUT2D eigenvalue weighted by molar-refractivity contribution is -0.133. The fourth-order valence-corrected chi connectivity index (χ4v) is 1.77. The second-order valence-electron chi connectivity index (χ2n) is 5.98. The zero-order valence-electron chi connectivity index (χ0n) is 11.8. The van der Waals surface area contributed by atoms with Crippen LogP contribution in [0.25, 0.3) is 0 Å². The van der Waals surface area contributed by atoms with E-state index in [0.717, 1.165) is 25.9 Å². The van der Waals surface area contributed by atoms with Crippen LogP contribution in [0.15, 0.2) is 0 Å². The van der Waals surface area contributed by atoms with Crippen LogP contribution in [0.2, 0.25) is 0 Å². The molecule has 1 atom stereocenters. The van der Waals surface area contributed by atoms with E-state index in [2.05, 4.69) is 16.0 Å². The van der Waals surface area contributed by atoms with Gasteiger partial charge < -0.3 is 16.0 Å². The number of nitrogens with one attached hydrogen (secondary N) is 3. The van der Waals surface area contributed by atoms with Crippen LogP contribution in [0, 0.1) is 5.41 Å². The summed E-state index contributed by atoms with van der Waals surface area (Å²) in [6, 6.07) is -0.251. The standard InChI is InChI=1S/C13H25N3O2/c1-9(15-12(18)13(2,3)4)11(17)16-10-5-7-14-8-6-10/h9-10,14H,5-8H2,1-4H3,(H,15,18)(H,16,17). The van der Waals surface area contributed by atoms with Gasteiger partial charge in [-0.15, -0.1) is 0 Å². The van der Waals surface area contributed by atoms with Crippen molar-refractivity contribution in [3.8, 4) is 0 Å². The van der Waals surface area contributed by atoms with Crippen molar-refractivity contribution in [3.05, 3.63) is 0 Å². The molecule has 1 saturated heterocycles. The third-order valence-corrected chi connectivity index (χ3v) is 3.11.